The van der Waals surface area contributed by atoms with Crippen LogP contribution in [0.5, 0.6) is 0 Å². The highest BCUT2D eigenvalue weighted by Gasteiger charge is 2.11. The van der Waals surface area contributed by atoms with Crippen molar-refractivity contribution in [3.8, 4) is 0 Å². The molecule has 6 nitrogen and oxygen atoms in total. The molecule has 90 valence electrons. The Kier molecular flexibility index (Phi) is 2.60. The fourth-order valence-corrected chi connectivity index (χ4v) is 2.44. The number of nitrogen functional groups attached to an aromatic ring is 1. The van der Waals surface area contributed by atoms with Gasteiger partial charge >= 0.3 is 0 Å². The van der Waals surface area contributed by atoms with E-state index in [9.17, 15) is 0 Å². The lowest BCUT2D eigenvalue weighted by Gasteiger charge is -2.03. The van der Waals surface area contributed by atoms with Crippen molar-refractivity contribution in [2.24, 2.45) is 7.05 Å². The Hall–Kier alpha value is -2.15. The maximum Gasteiger partial charge on any atom is 0.162 e. The molecule has 3 rings (SSSR count). The summed E-state index contributed by atoms with van der Waals surface area (Å²) < 4.78 is 1.71. The van der Waals surface area contributed by atoms with E-state index in [0.717, 1.165) is 21.1 Å². The summed E-state index contributed by atoms with van der Waals surface area (Å²) in [4.78, 5) is 12.7. The van der Waals surface area contributed by atoms with Gasteiger partial charge in [-0.1, -0.05) is 0 Å². The van der Waals surface area contributed by atoms with Crippen molar-refractivity contribution in [2.75, 3.05) is 5.73 Å². The Morgan fingerprint density at radius 2 is 2.11 bits per heavy atom. The summed E-state index contributed by atoms with van der Waals surface area (Å²) >= 11 is 1.42. The molecule has 0 fully saturated rings. The van der Waals surface area contributed by atoms with E-state index in [0.29, 0.717) is 5.69 Å². The van der Waals surface area contributed by atoms with Crippen molar-refractivity contribution in [1.29, 1.82) is 0 Å². The molecular formula is C11H10N6S. The minimum atomic E-state index is 0.637. The van der Waals surface area contributed by atoms with Crippen molar-refractivity contribution in [3.05, 3.63) is 30.9 Å². The Labute approximate surface area is 107 Å². The topological polar surface area (TPSA) is 82.5 Å². The molecule has 0 aliphatic rings. The Morgan fingerprint density at radius 3 is 2.94 bits per heavy atom. The van der Waals surface area contributed by atoms with E-state index in [1.54, 1.807) is 23.1 Å². The van der Waals surface area contributed by atoms with E-state index >= 15 is 0 Å². The number of anilines is 1. The number of aromatic nitrogens is 5. The van der Waals surface area contributed by atoms with Gasteiger partial charge in [0.25, 0.3) is 0 Å². The molecular weight excluding hydrogens is 248 g/mol. The van der Waals surface area contributed by atoms with Gasteiger partial charge in [-0.3, -0.25) is 4.68 Å². The van der Waals surface area contributed by atoms with Crippen LogP contribution in [0.2, 0.25) is 0 Å². The lowest BCUT2D eigenvalue weighted by Crippen LogP contribution is -1.94. The molecule has 0 unspecified atom stereocenters. The predicted octanol–water partition coefficient (Wildman–Crippen LogP) is 1.49. The number of hydrogen-bond donors (Lipinski definition) is 1. The van der Waals surface area contributed by atoms with Crippen molar-refractivity contribution >= 4 is 28.5 Å². The van der Waals surface area contributed by atoms with E-state index < -0.39 is 0 Å². The van der Waals surface area contributed by atoms with Gasteiger partial charge in [0.1, 0.15) is 16.4 Å². The van der Waals surface area contributed by atoms with Crippen LogP contribution in [0.15, 0.2) is 40.9 Å². The smallest absolute Gasteiger partial charge is 0.162 e. The summed E-state index contributed by atoms with van der Waals surface area (Å²) in [6, 6.07) is 3.62. The van der Waals surface area contributed by atoms with Gasteiger partial charge in [-0.15, -0.1) is 0 Å². The number of pyridine rings is 1. The second-order valence-corrected chi connectivity index (χ2v) is 4.66. The lowest BCUT2D eigenvalue weighted by molar-refractivity contribution is 0.784. The number of hydrogen-bond acceptors (Lipinski definition) is 6. The highest BCUT2D eigenvalue weighted by molar-refractivity contribution is 7.99. The molecule has 0 bridgehead atoms. The summed E-state index contributed by atoms with van der Waals surface area (Å²) in [5.41, 5.74) is 7.30. The average Bonchev–Trinajstić information content (AvgIpc) is 2.76. The normalized spacial score (nSPS) is 10.9. The first-order valence-electron chi connectivity index (χ1n) is 5.27. The summed E-state index contributed by atoms with van der Waals surface area (Å²) in [5.74, 6) is 0. The minimum absolute atomic E-state index is 0.637. The quantitative estimate of drug-likeness (QED) is 0.701. The number of aryl methyl sites for hydroxylation is 1. The Balaban J connectivity index is 2.08. The Bertz CT molecular complexity index is 708. The number of nitrogens with two attached hydrogens (primary N) is 1. The fraction of sp³-hybridized carbons (Fsp3) is 0.0909. The second kappa shape index (κ2) is 4.26. The first kappa shape index (κ1) is 11.0. The van der Waals surface area contributed by atoms with Crippen molar-refractivity contribution in [3.63, 3.8) is 0 Å². The molecule has 0 saturated carbocycles. The lowest BCUT2D eigenvalue weighted by atomic mass is 10.4. The largest absolute Gasteiger partial charge is 0.397 e. The average molecular weight is 258 g/mol. The van der Waals surface area contributed by atoms with Gasteiger partial charge in [0, 0.05) is 13.2 Å². The maximum absolute atomic E-state index is 5.87. The first-order valence-corrected chi connectivity index (χ1v) is 6.08. The highest BCUT2D eigenvalue weighted by Crippen LogP contribution is 2.32. The molecule has 0 aromatic carbocycles. The zero-order chi connectivity index (χ0) is 12.5. The van der Waals surface area contributed by atoms with Crippen LogP contribution in [0, 0.1) is 0 Å². The Morgan fingerprint density at radius 1 is 1.22 bits per heavy atom. The standard InChI is InChI=1S/C11H10N6S/c1-17-9-7(5-16-17)10(15-6-14-9)18-11-8(12)3-2-4-13-11/h2-6H,12H2,1H3. The van der Waals surface area contributed by atoms with E-state index in [1.165, 1.54) is 18.1 Å². The van der Waals surface area contributed by atoms with Crippen molar-refractivity contribution < 1.29 is 0 Å². The molecule has 3 aromatic rings. The van der Waals surface area contributed by atoms with Gasteiger partial charge in [0.2, 0.25) is 0 Å². The van der Waals surface area contributed by atoms with Crippen LogP contribution in [0.4, 0.5) is 5.69 Å². The summed E-state index contributed by atoms with van der Waals surface area (Å²) in [6.45, 7) is 0. The van der Waals surface area contributed by atoms with Crippen LogP contribution < -0.4 is 5.73 Å². The monoisotopic (exact) mass is 258 g/mol. The maximum atomic E-state index is 5.87. The van der Waals surface area contributed by atoms with E-state index in [4.69, 9.17) is 5.73 Å². The van der Waals surface area contributed by atoms with E-state index in [1.807, 2.05) is 13.1 Å². The third-order valence-corrected chi connectivity index (χ3v) is 3.54. The van der Waals surface area contributed by atoms with Crippen molar-refractivity contribution in [2.45, 2.75) is 10.1 Å². The van der Waals surface area contributed by atoms with Gasteiger partial charge in [-0.2, -0.15) is 5.10 Å². The van der Waals surface area contributed by atoms with Gasteiger partial charge in [0.05, 0.1) is 17.3 Å². The van der Waals surface area contributed by atoms with Gasteiger partial charge in [-0.25, -0.2) is 15.0 Å². The van der Waals surface area contributed by atoms with Gasteiger partial charge < -0.3 is 5.73 Å². The molecule has 0 aliphatic heterocycles. The zero-order valence-corrected chi connectivity index (χ0v) is 10.4. The number of fused-ring (bicyclic) bond motifs is 1. The molecule has 0 aliphatic carbocycles. The minimum Gasteiger partial charge on any atom is -0.397 e. The number of nitrogens with zero attached hydrogens (tertiary/aromatic N) is 5. The fourth-order valence-electron chi connectivity index (χ4n) is 1.60. The van der Waals surface area contributed by atoms with Crippen LogP contribution >= 0.6 is 11.8 Å². The molecule has 0 radical (unpaired) electrons. The molecule has 0 saturated heterocycles. The van der Waals surface area contributed by atoms with Crippen LogP contribution in [0.1, 0.15) is 0 Å². The van der Waals surface area contributed by atoms with Gasteiger partial charge in [-0.05, 0) is 23.9 Å². The molecule has 0 atom stereocenters. The molecule has 18 heavy (non-hydrogen) atoms. The van der Waals surface area contributed by atoms with Gasteiger partial charge in [0.15, 0.2) is 5.65 Å². The third kappa shape index (κ3) is 1.78. The molecule has 3 aromatic heterocycles. The SMILES string of the molecule is Cn1ncc2c(Sc3ncccc3N)ncnc21. The second-order valence-electron chi connectivity index (χ2n) is 3.68. The summed E-state index contributed by atoms with van der Waals surface area (Å²) in [5, 5.41) is 6.61. The summed E-state index contributed by atoms with van der Waals surface area (Å²) in [6.07, 6.45) is 4.97. The van der Waals surface area contributed by atoms with E-state index in [2.05, 4.69) is 20.1 Å². The molecule has 0 amide bonds. The van der Waals surface area contributed by atoms with Crippen LogP contribution in [0.3, 0.4) is 0 Å². The third-order valence-electron chi connectivity index (χ3n) is 2.49. The summed E-state index contributed by atoms with van der Waals surface area (Å²) in [7, 11) is 1.85. The number of rotatable bonds is 2. The predicted molar refractivity (Wildman–Crippen MR) is 69.1 cm³/mol. The van der Waals surface area contributed by atoms with E-state index in [-0.39, 0.29) is 0 Å². The molecule has 2 N–H and O–H groups in total. The first-order chi connectivity index (χ1) is 8.75. The zero-order valence-electron chi connectivity index (χ0n) is 9.61. The van der Waals surface area contributed by atoms with Crippen molar-refractivity contribution in [1.82, 2.24) is 24.7 Å². The highest BCUT2D eigenvalue weighted by atomic mass is 32.2. The van der Waals surface area contributed by atoms with Crippen LogP contribution in [-0.2, 0) is 7.05 Å². The molecule has 3 heterocycles. The van der Waals surface area contributed by atoms with Crippen LogP contribution in [-0.4, -0.2) is 24.7 Å². The molecule has 0 spiro atoms. The molecule has 7 heteroatoms. The van der Waals surface area contributed by atoms with Crippen LogP contribution in [0.25, 0.3) is 11.0 Å².